The minimum Gasteiger partial charge on any atom is -0.384 e. The van der Waals surface area contributed by atoms with Crippen LogP contribution in [-0.2, 0) is 13.5 Å². The molecule has 0 saturated heterocycles. The van der Waals surface area contributed by atoms with Crippen molar-refractivity contribution in [2.45, 2.75) is 19.8 Å². The van der Waals surface area contributed by atoms with Crippen molar-refractivity contribution in [1.82, 2.24) is 14.8 Å². The molecule has 0 spiro atoms. The molecule has 0 aliphatic heterocycles. The van der Waals surface area contributed by atoms with Gasteiger partial charge < -0.3 is 5.73 Å². The van der Waals surface area contributed by atoms with Gasteiger partial charge >= 0.3 is 0 Å². The van der Waals surface area contributed by atoms with Crippen LogP contribution in [0, 0.1) is 5.82 Å². The summed E-state index contributed by atoms with van der Waals surface area (Å²) in [4.78, 5) is 3.73. The van der Waals surface area contributed by atoms with Crippen LogP contribution in [-0.4, -0.2) is 14.8 Å². The van der Waals surface area contributed by atoms with Gasteiger partial charge in [-0.15, -0.1) is 0 Å². The highest BCUT2D eigenvalue weighted by Crippen LogP contribution is 2.29. The number of hydrogen-bond acceptors (Lipinski definition) is 3. The second-order valence-corrected chi connectivity index (χ2v) is 3.94. The Morgan fingerprint density at radius 1 is 1.47 bits per heavy atom. The molecule has 2 aromatic rings. The number of nitrogens with zero attached hydrogens (tertiary/aromatic N) is 3. The minimum atomic E-state index is -0.372. The lowest BCUT2D eigenvalue weighted by atomic mass is 10.0. The van der Waals surface area contributed by atoms with Gasteiger partial charge in [0.1, 0.15) is 11.5 Å². The highest BCUT2D eigenvalue weighted by atomic mass is 19.1. The molecule has 2 heterocycles. The summed E-state index contributed by atoms with van der Waals surface area (Å²) >= 11 is 0. The Hall–Kier alpha value is -1.91. The van der Waals surface area contributed by atoms with Gasteiger partial charge in [-0.2, -0.15) is 5.10 Å². The molecule has 0 aliphatic carbocycles. The van der Waals surface area contributed by atoms with Gasteiger partial charge in [-0.3, -0.25) is 9.67 Å². The lowest BCUT2D eigenvalue weighted by molar-refractivity contribution is 0.623. The molecule has 5 heteroatoms. The van der Waals surface area contributed by atoms with E-state index in [2.05, 4.69) is 17.0 Å². The van der Waals surface area contributed by atoms with E-state index >= 15 is 0 Å². The van der Waals surface area contributed by atoms with Gasteiger partial charge in [-0.25, -0.2) is 4.39 Å². The summed E-state index contributed by atoms with van der Waals surface area (Å²) in [5, 5.41) is 4.28. The third-order valence-corrected chi connectivity index (χ3v) is 2.72. The van der Waals surface area contributed by atoms with Crippen molar-refractivity contribution >= 4 is 5.82 Å². The fourth-order valence-electron chi connectivity index (χ4n) is 1.86. The molecule has 0 radical (unpaired) electrons. The van der Waals surface area contributed by atoms with Crippen LogP contribution in [0.25, 0.3) is 11.3 Å². The first-order valence-corrected chi connectivity index (χ1v) is 5.56. The smallest absolute Gasteiger partial charge is 0.150 e. The Bertz CT molecular complexity index is 533. The second-order valence-electron chi connectivity index (χ2n) is 3.94. The molecule has 90 valence electrons. The van der Waals surface area contributed by atoms with Crippen molar-refractivity contribution in [3.63, 3.8) is 0 Å². The number of rotatable bonds is 3. The first-order chi connectivity index (χ1) is 8.15. The van der Waals surface area contributed by atoms with Gasteiger partial charge in [0, 0.05) is 24.4 Å². The predicted molar refractivity (Wildman–Crippen MR) is 64.8 cm³/mol. The highest BCUT2D eigenvalue weighted by molar-refractivity contribution is 5.68. The van der Waals surface area contributed by atoms with E-state index in [0.29, 0.717) is 17.1 Å². The molecule has 2 aromatic heterocycles. The fraction of sp³-hybridized carbons (Fsp3) is 0.333. The minimum absolute atomic E-state index is 0.372. The van der Waals surface area contributed by atoms with Crippen molar-refractivity contribution in [3.05, 3.63) is 29.8 Å². The average Bonchev–Trinajstić information content (AvgIpc) is 2.58. The van der Waals surface area contributed by atoms with Gasteiger partial charge in [-0.05, 0) is 12.5 Å². The maximum Gasteiger partial charge on any atom is 0.150 e. The van der Waals surface area contributed by atoms with Gasteiger partial charge in [-0.1, -0.05) is 13.3 Å². The molecular formula is C12H15FN4. The van der Waals surface area contributed by atoms with Gasteiger partial charge in [0.15, 0.2) is 5.82 Å². The van der Waals surface area contributed by atoms with E-state index in [0.717, 1.165) is 18.4 Å². The zero-order valence-corrected chi connectivity index (χ0v) is 9.94. The van der Waals surface area contributed by atoms with Crippen molar-refractivity contribution < 1.29 is 4.39 Å². The Labute approximate surface area is 99.3 Å². The van der Waals surface area contributed by atoms with Crippen LogP contribution in [0.1, 0.15) is 18.9 Å². The summed E-state index contributed by atoms with van der Waals surface area (Å²) in [7, 11) is 1.76. The molecule has 0 bridgehead atoms. The molecule has 0 unspecified atom stereocenters. The normalized spacial score (nSPS) is 10.8. The summed E-state index contributed by atoms with van der Waals surface area (Å²) in [6, 6.07) is 1.62. The molecule has 0 fully saturated rings. The van der Waals surface area contributed by atoms with Gasteiger partial charge in [0.25, 0.3) is 0 Å². The van der Waals surface area contributed by atoms with E-state index in [1.54, 1.807) is 24.0 Å². The van der Waals surface area contributed by atoms with E-state index in [9.17, 15) is 4.39 Å². The fourth-order valence-corrected chi connectivity index (χ4v) is 1.86. The van der Waals surface area contributed by atoms with Gasteiger partial charge in [0.2, 0.25) is 0 Å². The SMILES string of the molecule is CCCc1c(-c2ccncc2F)nn(C)c1N. The number of anilines is 1. The number of nitrogen functional groups attached to an aromatic ring is 1. The van der Waals surface area contributed by atoms with Crippen LogP contribution < -0.4 is 5.73 Å². The monoisotopic (exact) mass is 234 g/mol. The van der Waals surface area contributed by atoms with E-state index in [1.165, 1.54) is 6.20 Å². The molecule has 0 atom stereocenters. The molecular weight excluding hydrogens is 219 g/mol. The second kappa shape index (κ2) is 4.53. The lowest BCUT2D eigenvalue weighted by Gasteiger charge is -2.02. The Morgan fingerprint density at radius 2 is 2.24 bits per heavy atom. The van der Waals surface area contributed by atoms with E-state index in [4.69, 9.17) is 5.73 Å². The van der Waals surface area contributed by atoms with Crippen LogP contribution in [0.3, 0.4) is 0 Å². The van der Waals surface area contributed by atoms with Crippen molar-refractivity contribution in [1.29, 1.82) is 0 Å². The largest absolute Gasteiger partial charge is 0.384 e. The zero-order valence-electron chi connectivity index (χ0n) is 9.94. The van der Waals surface area contributed by atoms with Crippen LogP contribution in [0.5, 0.6) is 0 Å². The summed E-state index contributed by atoms with van der Waals surface area (Å²) in [6.07, 6.45) is 4.47. The van der Waals surface area contributed by atoms with Crippen LogP contribution in [0.4, 0.5) is 10.2 Å². The van der Waals surface area contributed by atoms with Crippen LogP contribution in [0.15, 0.2) is 18.5 Å². The Kier molecular flexibility index (Phi) is 3.08. The molecule has 17 heavy (non-hydrogen) atoms. The number of halogens is 1. The van der Waals surface area contributed by atoms with Crippen molar-refractivity contribution in [3.8, 4) is 11.3 Å². The molecule has 0 aromatic carbocycles. The highest BCUT2D eigenvalue weighted by Gasteiger charge is 2.17. The molecule has 4 nitrogen and oxygen atoms in total. The summed E-state index contributed by atoms with van der Waals surface area (Å²) < 4.78 is 15.3. The van der Waals surface area contributed by atoms with E-state index < -0.39 is 0 Å². The number of aromatic nitrogens is 3. The number of nitrogens with two attached hydrogens (primary N) is 1. The molecule has 0 amide bonds. The maximum absolute atomic E-state index is 13.7. The first kappa shape index (κ1) is 11.6. The average molecular weight is 234 g/mol. The quantitative estimate of drug-likeness (QED) is 0.885. The van der Waals surface area contributed by atoms with Crippen LogP contribution >= 0.6 is 0 Å². The molecule has 2 N–H and O–H groups in total. The summed E-state index contributed by atoms with van der Waals surface area (Å²) in [6.45, 7) is 2.05. The van der Waals surface area contributed by atoms with Crippen molar-refractivity contribution in [2.24, 2.45) is 7.05 Å². The standard InChI is InChI=1S/C12H15FN4/c1-3-4-9-11(16-17(2)12(9)14)8-5-6-15-7-10(8)13/h5-7H,3-4,14H2,1-2H3. The first-order valence-electron chi connectivity index (χ1n) is 5.56. The van der Waals surface area contributed by atoms with E-state index in [-0.39, 0.29) is 5.82 Å². The number of hydrogen-bond donors (Lipinski definition) is 1. The third kappa shape index (κ3) is 2.00. The summed E-state index contributed by atoms with van der Waals surface area (Å²) in [5.41, 5.74) is 7.91. The predicted octanol–water partition coefficient (Wildman–Crippen LogP) is 2.16. The number of aryl methyl sites for hydroxylation is 1. The summed E-state index contributed by atoms with van der Waals surface area (Å²) in [5.74, 6) is 0.223. The lowest BCUT2D eigenvalue weighted by Crippen LogP contribution is -1.99. The van der Waals surface area contributed by atoms with E-state index in [1.807, 2.05) is 0 Å². The van der Waals surface area contributed by atoms with Gasteiger partial charge in [0.05, 0.1) is 6.20 Å². The Balaban J connectivity index is 2.59. The number of pyridine rings is 1. The topological polar surface area (TPSA) is 56.7 Å². The van der Waals surface area contributed by atoms with Crippen molar-refractivity contribution in [2.75, 3.05) is 5.73 Å². The van der Waals surface area contributed by atoms with Crippen LogP contribution in [0.2, 0.25) is 0 Å². The third-order valence-electron chi connectivity index (χ3n) is 2.72. The zero-order chi connectivity index (χ0) is 12.4. The molecule has 2 rings (SSSR count). The Morgan fingerprint density at radius 3 is 2.88 bits per heavy atom. The molecule has 0 saturated carbocycles. The maximum atomic E-state index is 13.7. The molecule has 0 aliphatic rings.